The third-order valence-corrected chi connectivity index (χ3v) is 5.51. The van der Waals surface area contributed by atoms with Gasteiger partial charge in [0.2, 0.25) is 0 Å². The van der Waals surface area contributed by atoms with Gasteiger partial charge in [-0.15, -0.1) is 0 Å². The monoisotopic (exact) mass is 419 g/mol. The van der Waals surface area contributed by atoms with Crippen molar-refractivity contribution in [1.82, 2.24) is 24.6 Å². The minimum Gasteiger partial charge on any atom is -0.353 e. The van der Waals surface area contributed by atoms with Crippen LogP contribution in [0.5, 0.6) is 0 Å². The molecule has 31 heavy (non-hydrogen) atoms. The largest absolute Gasteiger partial charge is 0.353 e. The molecule has 1 aliphatic rings. The van der Waals surface area contributed by atoms with Gasteiger partial charge in [-0.3, -0.25) is 0 Å². The van der Waals surface area contributed by atoms with Gasteiger partial charge in [0.25, 0.3) is 0 Å². The van der Waals surface area contributed by atoms with Crippen LogP contribution in [0.4, 0.5) is 16.3 Å². The number of benzene rings is 1. The Labute approximate surface area is 182 Å². The molecule has 0 atom stereocenters. The lowest BCUT2D eigenvalue weighted by molar-refractivity contribution is 0.208. The summed E-state index contributed by atoms with van der Waals surface area (Å²) in [5.74, 6) is 2.34. The van der Waals surface area contributed by atoms with Crippen molar-refractivity contribution in [1.29, 1.82) is 0 Å². The molecule has 0 radical (unpaired) electrons. The molecule has 8 heteroatoms. The number of piperazine rings is 1. The van der Waals surface area contributed by atoms with Gasteiger partial charge >= 0.3 is 6.03 Å². The maximum atomic E-state index is 12.7. The fraction of sp³-hybridized carbons (Fsp3) is 0.391. The molecule has 8 nitrogen and oxygen atoms in total. The summed E-state index contributed by atoms with van der Waals surface area (Å²) in [5.41, 5.74) is 4.04. The Morgan fingerprint density at radius 1 is 1.00 bits per heavy atom. The zero-order valence-electron chi connectivity index (χ0n) is 18.6. The van der Waals surface area contributed by atoms with E-state index in [1.54, 1.807) is 0 Å². The zero-order valence-corrected chi connectivity index (χ0v) is 18.6. The van der Waals surface area contributed by atoms with Crippen LogP contribution >= 0.6 is 0 Å². The Morgan fingerprint density at radius 3 is 2.42 bits per heavy atom. The maximum Gasteiger partial charge on any atom is 0.321 e. The average molecular weight is 420 g/mol. The number of hydrogen-bond acceptors (Lipinski definition) is 5. The number of aryl methyl sites for hydroxylation is 4. The highest BCUT2D eigenvalue weighted by Crippen LogP contribution is 2.19. The second-order valence-corrected chi connectivity index (χ2v) is 7.93. The molecule has 4 rings (SSSR count). The van der Waals surface area contributed by atoms with Crippen LogP contribution in [0.3, 0.4) is 0 Å². The summed E-state index contributed by atoms with van der Waals surface area (Å²) in [6, 6.07) is 11.9. The molecular formula is C23H29N7O. The molecule has 1 saturated heterocycles. The van der Waals surface area contributed by atoms with Crippen LogP contribution in [-0.2, 0) is 6.42 Å². The van der Waals surface area contributed by atoms with Crippen LogP contribution < -0.4 is 10.2 Å². The number of amides is 2. The molecule has 1 N–H and O–H groups in total. The van der Waals surface area contributed by atoms with Crippen molar-refractivity contribution in [2.75, 3.05) is 36.4 Å². The molecule has 2 amide bonds. The summed E-state index contributed by atoms with van der Waals surface area (Å²) in [6.07, 6.45) is 0.945. The molecule has 1 aromatic carbocycles. The van der Waals surface area contributed by atoms with E-state index in [4.69, 9.17) is 0 Å². The molecule has 1 aliphatic heterocycles. The van der Waals surface area contributed by atoms with Gasteiger partial charge in [-0.25, -0.2) is 19.4 Å². The normalized spacial score (nSPS) is 14.1. The third-order valence-electron chi connectivity index (χ3n) is 5.51. The van der Waals surface area contributed by atoms with E-state index in [1.165, 1.54) is 5.56 Å². The first-order valence-electron chi connectivity index (χ1n) is 10.7. The van der Waals surface area contributed by atoms with Gasteiger partial charge in [0, 0.05) is 43.6 Å². The van der Waals surface area contributed by atoms with Gasteiger partial charge in [0.05, 0.1) is 5.69 Å². The lowest BCUT2D eigenvalue weighted by Crippen LogP contribution is -2.50. The van der Waals surface area contributed by atoms with Crippen LogP contribution in [0.1, 0.15) is 29.7 Å². The van der Waals surface area contributed by atoms with Gasteiger partial charge in [-0.1, -0.05) is 19.1 Å². The highest BCUT2D eigenvalue weighted by atomic mass is 16.2. The summed E-state index contributed by atoms with van der Waals surface area (Å²) in [7, 11) is 0. The number of nitrogens with one attached hydrogen (secondary N) is 1. The molecule has 0 spiro atoms. The predicted molar refractivity (Wildman–Crippen MR) is 122 cm³/mol. The highest BCUT2D eigenvalue weighted by molar-refractivity contribution is 5.89. The van der Waals surface area contributed by atoms with Gasteiger partial charge < -0.3 is 15.1 Å². The molecule has 0 aliphatic carbocycles. The van der Waals surface area contributed by atoms with E-state index >= 15 is 0 Å². The summed E-state index contributed by atoms with van der Waals surface area (Å²) in [5, 5.41) is 7.56. The van der Waals surface area contributed by atoms with Crippen molar-refractivity contribution < 1.29 is 4.79 Å². The number of carbonyl (C=O) groups is 1. The Hall–Kier alpha value is -3.42. The number of carbonyl (C=O) groups excluding carboxylic acids is 1. The van der Waals surface area contributed by atoms with Gasteiger partial charge in [-0.2, -0.15) is 5.10 Å². The Kier molecular flexibility index (Phi) is 5.88. The predicted octanol–water partition coefficient (Wildman–Crippen LogP) is 3.50. The van der Waals surface area contributed by atoms with Crippen molar-refractivity contribution in [2.45, 2.75) is 34.1 Å². The molecule has 1 fully saturated rings. The fourth-order valence-corrected chi connectivity index (χ4v) is 3.88. The van der Waals surface area contributed by atoms with Crippen LogP contribution in [0.25, 0.3) is 5.82 Å². The lowest BCUT2D eigenvalue weighted by atomic mass is 10.1. The summed E-state index contributed by atoms with van der Waals surface area (Å²) in [6.45, 7) is 10.7. The number of hydrogen-bond donors (Lipinski definition) is 1. The SMILES string of the molecule is CCc1cccc(NC(=O)N2CCN(c3cc(-n4nc(C)cc4C)nc(C)n3)CC2)c1. The second-order valence-electron chi connectivity index (χ2n) is 7.93. The Balaban J connectivity index is 1.42. The number of anilines is 2. The van der Waals surface area contributed by atoms with Crippen LogP contribution in [0, 0.1) is 20.8 Å². The summed E-state index contributed by atoms with van der Waals surface area (Å²) < 4.78 is 1.85. The average Bonchev–Trinajstić information content (AvgIpc) is 3.11. The van der Waals surface area contributed by atoms with Crippen LogP contribution in [-0.4, -0.2) is 56.9 Å². The van der Waals surface area contributed by atoms with Crippen molar-refractivity contribution in [2.24, 2.45) is 0 Å². The third kappa shape index (κ3) is 4.68. The van der Waals surface area contributed by atoms with Crippen LogP contribution in [0.2, 0.25) is 0 Å². The van der Waals surface area contributed by atoms with E-state index in [2.05, 4.69) is 38.3 Å². The van der Waals surface area contributed by atoms with E-state index in [0.717, 1.165) is 48.2 Å². The molecule has 2 aromatic heterocycles. The van der Waals surface area contributed by atoms with Crippen molar-refractivity contribution >= 4 is 17.5 Å². The topological polar surface area (TPSA) is 79.2 Å². The molecule has 3 heterocycles. The van der Waals surface area contributed by atoms with Gasteiger partial charge in [-0.05, 0) is 51.0 Å². The molecule has 3 aromatic rings. The number of nitrogens with zero attached hydrogens (tertiary/aromatic N) is 6. The number of aromatic nitrogens is 4. The van der Waals surface area contributed by atoms with E-state index in [1.807, 2.05) is 60.7 Å². The van der Waals surface area contributed by atoms with E-state index in [0.29, 0.717) is 18.9 Å². The lowest BCUT2D eigenvalue weighted by Gasteiger charge is -2.35. The first-order valence-corrected chi connectivity index (χ1v) is 10.7. The quantitative estimate of drug-likeness (QED) is 0.700. The molecule has 0 saturated carbocycles. The molecular weight excluding hydrogens is 390 g/mol. The fourth-order valence-electron chi connectivity index (χ4n) is 3.88. The van der Waals surface area contributed by atoms with Crippen LogP contribution in [0.15, 0.2) is 36.4 Å². The Bertz CT molecular complexity index is 1080. The smallest absolute Gasteiger partial charge is 0.321 e. The first-order chi connectivity index (χ1) is 14.9. The zero-order chi connectivity index (χ0) is 22.0. The minimum atomic E-state index is -0.0601. The molecule has 0 bridgehead atoms. The standard InChI is InChI=1S/C23H29N7O/c1-5-19-7-6-8-20(14-19)26-23(31)29-11-9-28(10-12-29)21-15-22(25-18(4)24-21)30-17(3)13-16(2)27-30/h6-8,13-15H,5,9-12H2,1-4H3,(H,26,31). The highest BCUT2D eigenvalue weighted by Gasteiger charge is 2.23. The van der Waals surface area contributed by atoms with Gasteiger partial charge in [0.1, 0.15) is 11.6 Å². The first kappa shape index (κ1) is 20.8. The number of rotatable bonds is 4. The van der Waals surface area contributed by atoms with Crippen molar-refractivity contribution in [3.8, 4) is 5.82 Å². The minimum absolute atomic E-state index is 0.0601. The summed E-state index contributed by atoms with van der Waals surface area (Å²) in [4.78, 5) is 26.0. The molecule has 0 unspecified atom stereocenters. The maximum absolute atomic E-state index is 12.7. The van der Waals surface area contributed by atoms with Gasteiger partial charge in [0.15, 0.2) is 5.82 Å². The summed E-state index contributed by atoms with van der Waals surface area (Å²) >= 11 is 0. The molecule has 162 valence electrons. The van der Waals surface area contributed by atoms with Crippen molar-refractivity contribution in [3.05, 3.63) is 59.2 Å². The number of urea groups is 1. The van der Waals surface area contributed by atoms with E-state index in [-0.39, 0.29) is 6.03 Å². The Morgan fingerprint density at radius 2 is 1.74 bits per heavy atom. The van der Waals surface area contributed by atoms with E-state index < -0.39 is 0 Å². The second kappa shape index (κ2) is 8.75. The van der Waals surface area contributed by atoms with E-state index in [9.17, 15) is 4.79 Å². The van der Waals surface area contributed by atoms with Crippen molar-refractivity contribution in [3.63, 3.8) is 0 Å².